The molecule has 0 N–H and O–H groups in total. The Balaban J connectivity index is 2.35. The maximum absolute atomic E-state index is 13.2. The Hall–Kier alpha value is -2.22. The van der Waals surface area contributed by atoms with E-state index >= 15 is 0 Å². The second kappa shape index (κ2) is 5.28. The van der Waals surface area contributed by atoms with Gasteiger partial charge in [-0.15, -0.1) is 0 Å². The third-order valence-corrected chi connectivity index (χ3v) is 3.81. The Kier molecular flexibility index (Phi) is 3.46. The number of benzene rings is 2. The van der Waals surface area contributed by atoms with Gasteiger partial charge in [0.2, 0.25) is 0 Å². The van der Waals surface area contributed by atoms with Crippen molar-refractivity contribution in [2.75, 3.05) is 0 Å². The molecule has 2 heteroatoms. The molecule has 0 radical (unpaired) electrons. The molecule has 0 saturated carbocycles. The molecule has 21 heavy (non-hydrogen) atoms. The predicted molar refractivity (Wildman–Crippen MR) is 86.0 cm³/mol. The fraction of sp³-hybridized carbons (Fsp3) is 0.211. The van der Waals surface area contributed by atoms with Crippen LogP contribution in [0.5, 0.6) is 0 Å². The molecular formula is C19H18FN. The third kappa shape index (κ3) is 2.54. The van der Waals surface area contributed by atoms with Gasteiger partial charge in [0.05, 0.1) is 5.52 Å². The second-order valence-corrected chi connectivity index (χ2v) is 5.77. The summed E-state index contributed by atoms with van der Waals surface area (Å²) in [6.07, 6.45) is 1.95. The molecule has 3 rings (SSSR count). The average Bonchev–Trinajstić information content (AvgIpc) is 2.46. The van der Waals surface area contributed by atoms with Crippen LogP contribution in [0.4, 0.5) is 4.39 Å². The van der Waals surface area contributed by atoms with Gasteiger partial charge in [-0.05, 0) is 53.3 Å². The van der Waals surface area contributed by atoms with Crippen molar-refractivity contribution >= 4 is 10.9 Å². The van der Waals surface area contributed by atoms with E-state index in [0.29, 0.717) is 5.92 Å². The minimum Gasteiger partial charge on any atom is -0.256 e. The summed E-state index contributed by atoms with van der Waals surface area (Å²) in [5.41, 5.74) is 5.57. The topological polar surface area (TPSA) is 12.9 Å². The lowest BCUT2D eigenvalue weighted by Gasteiger charge is -2.16. The summed E-state index contributed by atoms with van der Waals surface area (Å²) in [5.74, 6) is 0.155. The Morgan fingerprint density at radius 3 is 2.38 bits per heavy atom. The van der Waals surface area contributed by atoms with Gasteiger partial charge in [-0.2, -0.15) is 0 Å². The lowest BCUT2D eigenvalue weighted by Crippen LogP contribution is -1.96. The first kappa shape index (κ1) is 13.7. The molecule has 0 fully saturated rings. The van der Waals surface area contributed by atoms with Gasteiger partial charge in [-0.1, -0.05) is 38.1 Å². The number of pyridine rings is 1. The van der Waals surface area contributed by atoms with Crippen molar-refractivity contribution in [1.29, 1.82) is 0 Å². The van der Waals surface area contributed by atoms with Crippen LogP contribution in [0.3, 0.4) is 0 Å². The highest BCUT2D eigenvalue weighted by atomic mass is 19.1. The summed E-state index contributed by atoms with van der Waals surface area (Å²) in [7, 11) is 0. The van der Waals surface area contributed by atoms with E-state index in [2.05, 4.69) is 44.0 Å². The van der Waals surface area contributed by atoms with Crippen molar-refractivity contribution in [2.24, 2.45) is 0 Å². The molecule has 0 aliphatic carbocycles. The van der Waals surface area contributed by atoms with Crippen molar-refractivity contribution in [3.63, 3.8) is 0 Å². The molecule has 0 unspecified atom stereocenters. The molecule has 0 spiro atoms. The number of aromatic nitrogens is 1. The van der Waals surface area contributed by atoms with Gasteiger partial charge >= 0.3 is 0 Å². The Morgan fingerprint density at radius 2 is 1.71 bits per heavy atom. The van der Waals surface area contributed by atoms with Crippen LogP contribution in [0.15, 0.2) is 48.7 Å². The van der Waals surface area contributed by atoms with E-state index in [1.165, 1.54) is 23.3 Å². The normalized spacial score (nSPS) is 11.3. The van der Waals surface area contributed by atoms with E-state index in [9.17, 15) is 4.39 Å². The minimum absolute atomic E-state index is 0.209. The zero-order chi connectivity index (χ0) is 15.0. The standard InChI is InChI=1S/C19H18FN/c1-12(2)17-11-21-18-10-13(3)4-9-16(18)19(17)14-5-7-15(20)8-6-14/h4-12H,1-3H3. The Bertz CT molecular complexity index is 789. The molecule has 1 nitrogen and oxygen atoms in total. The molecule has 2 aromatic carbocycles. The van der Waals surface area contributed by atoms with E-state index < -0.39 is 0 Å². The summed E-state index contributed by atoms with van der Waals surface area (Å²) >= 11 is 0. The number of aryl methyl sites for hydroxylation is 1. The van der Waals surface area contributed by atoms with Gasteiger partial charge in [0.15, 0.2) is 0 Å². The summed E-state index contributed by atoms with van der Waals surface area (Å²) < 4.78 is 13.2. The summed E-state index contributed by atoms with van der Waals surface area (Å²) in [6.45, 7) is 6.38. The first-order valence-electron chi connectivity index (χ1n) is 7.21. The summed E-state index contributed by atoms with van der Waals surface area (Å²) in [6, 6.07) is 13.0. The minimum atomic E-state index is -0.209. The molecule has 0 saturated heterocycles. The number of halogens is 1. The molecule has 0 aliphatic rings. The Labute approximate surface area is 124 Å². The average molecular weight is 279 g/mol. The lowest BCUT2D eigenvalue weighted by atomic mass is 9.90. The number of hydrogen-bond donors (Lipinski definition) is 0. The maximum Gasteiger partial charge on any atom is 0.123 e. The van der Waals surface area contributed by atoms with Crippen molar-refractivity contribution in [1.82, 2.24) is 4.98 Å². The molecule has 3 aromatic rings. The van der Waals surface area contributed by atoms with Crippen molar-refractivity contribution < 1.29 is 4.39 Å². The third-order valence-electron chi connectivity index (χ3n) is 3.81. The summed E-state index contributed by atoms with van der Waals surface area (Å²) in [5, 5.41) is 1.12. The highest BCUT2D eigenvalue weighted by Gasteiger charge is 2.13. The van der Waals surface area contributed by atoms with Crippen LogP contribution in [-0.4, -0.2) is 4.98 Å². The van der Waals surface area contributed by atoms with Gasteiger partial charge in [0.25, 0.3) is 0 Å². The highest BCUT2D eigenvalue weighted by molar-refractivity contribution is 5.96. The number of rotatable bonds is 2. The molecule has 0 aliphatic heterocycles. The van der Waals surface area contributed by atoms with Crippen molar-refractivity contribution in [2.45, 2.75) is 26.7 Å². The molecular weight excluding hydrogens is 261 g/mol. The second-order valence-electron chi connectivity index (χ2n) is 5.77. The van der Waals surface area contributed by atoms with Crippen LogP contribution >= 0.6 is 0 Å². The van der Waals surface area contributed by atoms with Crippen molar-refractivity contribution in [3.8, 4) is 11.1 Å². The van der Waals surface area contributed by atoms with Crippen LogP contribution in [0, 0.1) is 12.7 Å². The van der Waals surface area contributed by atoms with E-state index in [1.807, 2.05) is 18.3 Å². The molecule has 1 aromatic heterocycles. The molecule has 106 valence electrons. The van der Waals surface area contributed by atoms with Gasteiger partial charge in [-0.3, -0.25) is 4.98 Å². The number of fused-ring (bicyclic) bond motifs is 1. The van der Waals surface area contributed by atoms with Gasteiger partial charge in [0.1, 0.15) is 5.82 Å². The smallest absolute Gasteiger partial charge is 0.123 e. The van der Waals surface area contributed by atoms with E-state index in [4.69, 9.17) is 0 Å². The van der Waals surface area contributed by atoms with Crippen LogP contribution in [-0.2, 0) is 0 Å². The van der Waals surface area contributed by atoms with Crippen LogP contribution < -0.4 is 0 Å². The van der Waals surface area contributed by atoms with E-state index in [1.54, 1.807) is 0 Å². The Morgan fingerprint density at radius 1 is 1.00 bits per heavy atom. The van der Waals surface area contributed by atoms with Crippen LogP contribution in [0.25, 0.3) is 22.0 Å². The fourth-order valence-corrected chi connectivity index (χ4v) is 2.70. The quantitative estimate of drug-likeness (QED) is 0.606. The lowest BCUT2D eigenvalue weighted by molar-refractivity contribution is 0.628. The van der Waals surface area contributed by atoms with E-state index in [-0.39, 0.29) is 5.82 Å². The zero-order valence-corrected chi connectivity index (χ0v) is 12.5. The zero-order valence-electron chi connectivity index (χ0n) is 12.5. The first-order valence-corrected chi connectivity index (χ1v) is 7.21. The van der Waals surface area contributed by atoms with Crippen molar-refractivity contribution in [3.05, 3.63) is 65.6 Å². The number of hydrogen-bond acceptors (Lipinski definition) is 1. The van der Waals surface area contributed by atoms with Crippen LogP contribution in [0.1, 0.15) is 30.9 Å². The monoisotopic (exact) mass is 279 g/mol. The van der Waals surface area contributed by atoms with Crippen LogP contribution in [0.2, 0.25) is 0 Å². The first-order chi connectivity index (χ1) is 10.1. The van der Waals surface area contributed by atoms with Gasteiger partial charge in [0, 0.05) is 11.6 Å². The molecule has 0 bridgehead atoms. The number of nitrogens with zero attached hydrogens (tertiary/aromatic N) is 1. The largest absolute Gasteiger partial charge is 0.256 e. The highest BCUT2D eigenvalue weighted by Crippen LogP contribution is 2.35. The predicted octanol–water partition coefficient (Wildman–Crippen LogP) is 5.47. The maximum atomic E-state index is 13.2. The summed E-state index contributed by atoms with van der Waals surface area (Å²) in [4.78, 5) is 4.59. The SMILES string of the molecule is Cc1ccc2c(-c3ccc(F)cc3)c(C(C)C)cnc2c1. The molecule has 1 heterocycles. The fourth-order valence-electron chi connectivity index (χ4n) is 2.70. The molecule has 0 amide bonds. The van der Waals surface area contributed by atoms with E-state index in [0.717, 1.165) is 22.0 Å². The van der Waals surface area contributed by atoms with Gasteiger partial charge < -0.3 is 0 Å². The van der Waals surface area contributed by atoms with Gasteiger partial charge in [-0.25, -0.2) is 4.39 Å². The molecule has 0 atom stereocenters.